The number of hydrogen-bond acceptors (Lipinski definition) is 5. The maximum atomic E-state index is 13.9. The number of fused-ring (bicyclic) bond motifs is 1. The Kier molecular flexibility index (Phi) is 6.26. The van der Waals surface area contributed by atoms with Crippen molar-refractivity contribution in [3.05, 3.63) is 119 Å². The first-order chi connectivity index (χ1) is 17.1. The second-order valence-electron chi connectivity index (χ2n) is 8.21. The first kappa shape index (κ1) is 22.3. The molecule has 1 aliphatic rings. The van der Waals surface area contributed by atoms with Gasteiger partial charge in [-0.3, -0.25) is 4.79 Å². The van der Waals surface area contributed by atoms with Crippen LogP contribution in [0.4, 0.5) is 10.3 Å². The molecule has 8 heteroatoms. The van der Waals surface area contributed by atoms with E-state index in [2.05, 4.69) is 20.7 Å². The fraction of sp³-hybridized carbons (Fsp3) is 0.148. The molecule has 4 aromatic rings. The number of carbonyl (C=O) groups excluding carboxylic acids is 1. The van der Waals surface area contributed by atoms with E-state index in [9.17, 15) is 9.18 Å². The van der Waals surface area contributed by atoms with Crippen LogP contribution in [0.5, 0.6) is 5.75 Å². The zero-order chi connectivity index (χ0) is 24.2. The number of amides is 1. The van der Waals surface area contributed by atoms with Crippen molar-refractivity contribution in [2.75, 3.05) is 5.32 Å². The average Bonchev–Trinajstić information content (AvgIpc) is 3.35. The summed E-state index contributed by atoms with van der Waals surface area (Å²) >= 11 is 0. The van der Waals surface area contributed by atoms with Crippen molar-refractivity contribution in [2.24, 2.45) is 0 Å². The molecule has 0 bridgehead atoms. The van der Waals surface area contributed by atoms with Gasteiger partial charge in [0.25, 0.3) is 5.91 Å². The zero-order valence-corrected chi connectivity index (χ0v) is 19.1. The van der Waals surface area contributed by atoms with Gasteiger partial charge in [0.05, 0.1) is 5.57 Å². The summed E-state index contributed by atoms with van der Waals surface area (Å²) in [5.41, 5.74) is 3.61. The van der Waals surface area contributed by atoms with Gasteiger partial charge in [0, 0.05) is 17.8 Å². The Morgan fingerprint density at radius 3 is 2.57 bits per heavy atom. The number of rotatable bonds is 7. The van der Waals surface area contributed by atoms with Crippen LogP contribution < -0.4 is 15.4 Å². The molecule has 0 radical (unpaired) electrons. The quantitative estimate of drug-likeness (QED) is 0.413. The third kappa shape index (κ3) is 4.77. The lowest BCUT2D eigenvalue weighted by Crippen LogP contribution is -2.34. The van der Waals surface area contributed by atoms with Crippen LogP contribution in [0.2, 0.25) is 0 Å². The summed E-state index contributed by atoms with van der Waals surface area (Å²) in [6, 6.07) is 23.2. The number of allylic oxidation sites excluding steroid dienone is 1. The van der Waals surface area contributed by atoms with Crippen molar-refractivity contribution >= 4 is 11.9 Å². The number of anilines is 1. The number of aromatic nitrogens is 3. The normalized spacial score (nSPS) is 14.7. The molecule has 0 aliphatic carbocycles. The molecule has 0 fully saturated rings. The number of halogens is 1. The molecule has 176 valence electrons. The molecule has 2 heterocycles. The van der Waals surface area contributed by atoms with Gasteiger partial charge in [0.2, 0.25) is 5.95 Å². The average molecular weight is 470 g/mol. The smallest absolute Gasteiger partial charge is 0.251 e. The fourth-order valence-electron chi connectivity index (χ4n) is 4.09. The van der Waals surface area contributed by atoms with E-state index in [-0.39, 0.29) is 18.3 Å². The van der Waals surface area contributed by atoms with Crippen LogP contribution in [0.3, 0.4) is 0 Å². The van der Waals surface area contributed by atoms with Gasteiger partial charge in [-0.05, 0) is 36.2 Å². The topological polar surface area (TPSA) is 81.1 Å². The van der Waals surface area contributed by atoms with E-state index >= 15 is 0 Å². The van der Waals surface area contributed by atoms with Gasteiger partial charge in [-0.15, -0.1) is 0 Å². The summed E-state index contributed by atoms with van der Waals surface area (Å²) in [5.74, 6) is 0.668. The van der Waals surface area contributed by atoms with Gasteiger partial charge in [-0.1, -0.05) is 60.7 Å². The molecule has 35 heavy (non-hydrogen) atoms. The molecular weight excluding hydrogens is 445 g/mol. The molecule has 0 saturated carbocycles. The standard InChI is InChI=1S/C27H24FN5O2/c1-18-24(26(34)29-15-19-7-3-2-4-8-19)25(33-27(32-18)30-17-31-33)20-11-13-22(14-12-20)35-16-21-9-5-6-10-23(21)28/h2-14,17,25H,15-16H2,1H3,(H,29,34)(H,30,31,32)/t25-/m0/s1. The fourth-order valence-corrected chi connectivity index (χ4v) is 4.09. The van der Waals surface area contributed by atoms with Crippen molar-refractivity contribution in [3.8, 4) is 5.75 Å². The summed E-state index contributed by atoms with van der Waals surface area (Å²) in [5, 5.41) is 10.6. The van der Waals surface area contributed by atoms with Gasteiger partial charge in [-0.25, -0.2) is 9.07 Å². The number of hydrogen-bond donors (Lipinski definition) is 2. The van der Waals surface area contributed by atoms with Crippen molar-refractivity contribution in [3.63, 3.8) is 0 Å². The highest BCUT2D eigenvalue weighted by Crippen LogP contribution is 2.35. The molecule has 0 spiro atoms. The molecule has 1 atom stereocenters. The molecule has 7 nitrogen and oxygen atoms in total. The third-order valence-electron chi connectivity index (χ3n) is 5.88. The summed E-state index contributed by atoms with van der Waals surface area (Å²) in [4.78, 5) is 17.6. The Morgan fingerprint density at radius 1 is 1.06 bits per heavy atom. The monoisotopic (exact) mass is 469 g/mol. The van der Waals surface area contributed by atoms with Crippen LogP contribution in [0.15, 0.2) is 96.5 Å². The van der Waals surface area contributed by atoms with Crippen LogP contribution in [0.25, 0.3) is 0 Å². The van der Waals surface area contributed by atoms with E-state index in [4.69, 9.17) is 4.74 Å². The maximum Gasteiger partial charge on any atom is 0.251 e. The Hall–Kier alpha value is -4.46. The van der Waals surface area contributed by atoms with Gasteiger partial charge in [0.15, 0.2) is 0 Å². The number of benzene rings is 3. The molecule has 0 unspecified atom stereocenters. The lowest BCUT2D eigenvalue weighted by molar-refractivity contribution is -0.118. The van der Waals surface area contributed by atoms with Crippen LogP contribution in [0, 0.1) is 5.82 Å². The van der Waals surface area contributed by atoms with Crippen LogP contribution in [0.1, 0.15) is 29.7 Å². The first-order valence-electron chi connectivity index (χ1n) is 11.3. The summed E-state index contributed by atoms with van der Waals surface area (Å²) in [7, 11) is 0. The van der Waals surface area contributed by atoms with E-state index in [1.807, 2.05) is 61.5 Å². The largest absolute Gasteiger partial charge is 0.489 e. The second kappa shape index (κ2) is 9.80. The highest BCUT2D eigenvalue weighted by Gasteiger charge is 2.33. The van der Waals surface area contributed by atoms with E-state index in [0.29, 0.717) is 35.1 Å². The predicted molar refractivity (Wildman–Crippen MR) is 130 cm³/mol. The van der Waals surface area contributed by atoms with Crippen LogP contribution in [-0.2, 0) is 17.9 Å². The third-order valence-corrected chi connectivity index (χ3v) is 5.88. The van der Waals surface area contributed by atoms with Crippen molar-refractivity contribution in [1.82, 2.24) is 20.1 Å². The Balaban J connectivity index is 1.38. The lowest BCUT2D eigenvalue weighted by Gasteiger charge is -2.28. The van der Waals surface area contributed by atoms with Crippen LogP contribution >= 0.6 is 0 Å². The maximum absolute atomic E-state index is 13.9. The van der Waals surface area contributed by atoms with Crippen molar-refractivity contribution in [2.45, 2.75) is 26.1 Å². The second-order valence-corrected chi connectivity index (χ2v) is 8.21. The van der Waals surface area contributed by atoms with Gasteiger partial charge < -0.3 is 15.4 Å². The number of ether oxygens (including phenoxy) is 1. The van der Waals surface area contributed by atoms with Gasteiger partial charge in [-0.2, -0.15) is 10.1 Å². The Bertz CT molecular complexity index is 1370. The molecule has 1 aliphatic heterocycles. The molecule has 0 saturated heterocycles. The highest BCUT2D eigenvalue weighted by molar-refractivity contribution is 5.96. The number of nitrogens with one attached hydrogen (secondary N) is 2. The molecule has 2 N–H and O–H groups in total. The van der Waals surface area contributed by atoms with E-state index < -0.39 is 6.04 Å². The van der Waals surface area contributed by atoms with Gasteiger partial charge in [0.1, 0.15) is 30.5 Å². The van der Waals surface area contributed by atoms with E-state index in [0.717, 1.165) is 11.1 Å². The summed E-state index contributed by atoms with van der Waals surface area (Å²) < 4.78 is 21.4. The van der Waals surface area contributed by atoms with Crippen LogP contribution in [-0.4, -0.2) is 20.7 Å². The van der Waals surface area contributed by atoms with E-state index in [1.165, 1.54) is 12.4 Å². The minimum atomic E-state index is -0.467. The molecule has 1 amide bonds. The minimum absolute atomic E-state index is 0.124. The highest BCUT2D eigenvalue weighted by atomic mass is 19.1. The lowest BCUT2D eigenvalue weighted by atomic mass is 9.95. The van der Waals surface area contributed by atoms with E-state index in [1.54, 1.807) is 22.9 Å². The number of nitrogens with zero attached hydrogens (tertiary/aromatic N) is 3. The molecule has 1 aromatic heterocycles. The first-order valence-corrected chi connectivity index (χ1v) is 11.3. The Labute approximate surface area is 202 Å². The molecular formula is C27H24FN5O2. The minimum Gasteiger partial charge on any atom is -0.489 e. The molecule has 5 rings (SSSR count). The Morgan fingerprint density at radius 2 is 1.80 bits per heavy atom. The SMILES string of the molecule is CC1=C(C(=O)NCc2ccccc2)[C@H](c2ccc(OCc3ccccc3F)cc2)n2ncnc2N1. The zero-order valence-electron chi connectivity index (χ0n) is 19.1. The van der Waals surface area contributed by atoms with Crippen molar-refractivity contribution < 1.29 is 13.9 Å². The summed E-state index contributed by atoms with van der Waals surface area (Å²) in [6.45, 7) is 2.39. The molecule has 3 aromatic carbocycles. The van der Waals surface area contributed by atoms with Crippen molar-refractivity contribution in [1.29, 1.82) is 0 Å². The summed E-state index contributed by atoms with van der Waals surface area (Å²) in [6.07, 6.45) is 1.46. The number of carbonyl (C=O) groups is 1. The predicted octanol–water partition coefficient (Wildman–Crippen LogP) is 4.60. The van der Waals surface area contributed by atoms with Gasteiger partial charge >= 0.3 is 0 Å².